The van der Waals surface area contributed by atoms with E-state index in [0.717, 1.165) is 29.7 Å². The Labute approximate surface area is 112 Å². The van der Waals surface area contributed by atoms with E-state index in [4.69, 9.17) is 4.74 Å². The van der Waals surface area contributed by atoms with Gasteiger partial charge in [0.1, 0.15) is 18.1 Å². The number of benzene rings is 2. The average Bonchev–Trinajstić information content (AvgIpc) is 2.78. The lowest BCUT2D eigenvalue weighted by molar-refractivity contribution is 0.180. The molecular formula is C16H16O3. The molecule has 0 unspecified atom stereocenters. The summed E-state index contributed by atoms with van der Waals surface area (Å²) in [6.07, 6.45) is 1.38. The number of aliphatic hydroxyl groups is 1. The van der Waals surface area contributed by atoms with Gasteiger partial charge >= 0.3 is 0 Å². The molecule has 0 amide bonds. The summed E-state index contributed by atoms with van der Waals surface area (Å²) in [7, 11) is 0. The fourth-order valence-electron chi connectivity index (χ4n) is 2.47. The molecule has 0 fully saturated rings. The Hall–Kier alpha value is -2.00. The summed E-state index contributed by atoms with van der Waals surface area (Å²) < 4.78 is 5.71. The Balaban J connectivity index is 1.71. The van der Waals surface area contributed by atoms with Gasteiger partial charge in [0, 0.05) is 0 Å². The zero-order chi connectivity index (χ0) is 13.2. The van der Waals surface area contributed by atoms with E-state index in [2.05, 4.69) is 0 Å². The first-order chi connectivity index (χ1) is 9.22. The fraction of sp³-hybridized carbons (Fsp3) is 0.250. The molecule has 0 saturated carbocycles. The molecule has 1 atom stereocenters. The van der Waals surface area contributed by atoms with Crippen LogP contribution in [0.25, 0.3) is 0 Å². The summed E-state index contributed by atoms with van der Waals surface area (Å²) in [4.78, 5) is 0. The van der Waals surface area contributed by atoms with Gasteiger partial charge in [-0.1, -0.05) is 18.2 Å². The Kier molecular flexibility index (Phi) is 3.13. The molecule has 0 saturated heterocycles. The molecule has 1 aliphatic rings. The number of phenols is 1. The molecule has 19 heavy (non-hydrogen) atoms. The Bertz CT molecular complexity index is 592. The molecular weight excluding hydrogens is 240 g/mol. The van der Waals surface area contributed by atoms with Gasteiger partial charge in [-0.3, -0.25) is 0 Å². The second-order valence-electron chi connectivity index (χ2n) is 4.87. The number of aromatic hydroxyl groups is 1. The number of aryl methyl sites for hydroxylation is 1. The van der Waals surface area contributed by atoms with Crippen LogP contribution in [0.1, 0.15) is 29.2 Å². The molecule has 2 aromatic rings. The van der Waals surface area contributed by atoms with Crippen molar-refractivity contribution < 1.29 is 14.9 Å². The number of hydrogen-bond donors (Lipinski definition) is 2. The van der Waals surface area contributed by atoms with E-state index in [1.54, 1.807) is 18.2 Å². The zero-order valence-electron chi connectivity index (χ0n) is 10.5. The number of fused-ring (bicyclic) bond motifs is 1. The van der Waals surface area contributed by atoms with Crippen molar-refractivity contribution in [2.75, 3.05) is 0 Å². The van der Waals surface area contributed by atoms with Crippen LogP contribution in [0.4, 0.5) is 0 Å². The van der Waals surface area contributed by atoms with Crippen molar-refractivity contribution in [3.63, 3.8) is 0 Å². The molecule has 0 spiro atoms. The number of hydrogen-bond acceptors (Lipinski definition) is 3. The third-order valence-electron chi connectivity index (χ3n) is 3.48. The van der Waals surface area contributed by atoms with Gasteiger partial charge < -0.3 is 14.9 Å². The van der Waals surface area contributed by atoms with Gasteiger partial charge in [-0.2, -0.15) is 0 Å². The average molecular weight is 256 g/mol. The summed E-state index contributed by atoms with van der Waals surface area (Å²) in [6.45, 7) is 0.426. The first-order valence-corrected chi connectivity index (χ1v) is 6.44. The first kappa shape index (κ1) is 12.1. The molecule has 3 rings (SSSR count). The molecule has 0 bridgehead atoms. The van der Waals surface area contributed by atoms with Crippen molar-refractivity contribution >= 4 is 0 Å². The van der Waals surface area contributed by atoms with Crippen LogP contribution in [0.2, 0.25) is 0 Å². The number of ether oxygens (including phenoxy) is 1. The minimum Gasteiger partial charge on any atom is -0.508 e. The zero-order valence-corrected chi connectivity index (χ0v) is 10.5. The van der Waals surface area contributed by atoms with Gasteiger partial charge in [-0.05, 0) is 53.8 Å². The summed E-state index contributed by atoms with van der Waals surface area (Å²) in [5.74, 6) is 1.05. The van der Waals surface area contributed by atoms with Crippen LogP contribution in [-0.2, 0) is 13.0 Å². The maximum Gasteiger partial charge on any atom is 0.120 e. The number of rotatable bonds is 3. The second kappa shape index (κ2) is 4.94. The fourth-order valence-corrected chi connectivity index (χ4v) is 2.47. The van der Waals surface area contributed by atoms with Crippen molar-refractivity contribution in [1.82, 2.24) is 0 Å². The summed E-state index contributed by atoms with van der Waals surface area (Å²) >= 11 is 0. The monoisotopic (exact) mass is 256 g/mol. The molecule has 1 aliphatic carbocycles. The quantitative estimate of drug-likeness (QED) is 0.887. The Morgan fingerprint density at radius 1 is 1.16 bits per heavy atom. The minimum atomic E-state index is -0.324. The van der Waals surface area contributed by atoms with E-state index in [9.17, 15) is 10.2 Å². The van der Waals surface area contributed by atoms with Gasteiger partial charge in [0.25, 0.3) is 0 Å². The third kappa shape index (κ3) is 2.56. The van der Waals surface area contributed by atoms with Crippen molar-refractivity contribution in [1.29, 1.82) is 0 Å². The molecule has 3 heteroatoms. The molecule has 0 heterocycles. The predicted octanol–water partition coefficient (Wildman–Crippen LogP) is 2.95. The van der Waals surface area contributed by atoms with E-state index >= 15 is 0 Å². The van der Waals surface area contributed by atoms with E-state index in [1.807, 2.05) is 24.3 Å². The van der Waals surface area contributed by atoms with Gasteiger partial charge in [0.15, 0.2) is 0 Å². The van der Waals surface area contributed by atoms with Crippen molar-refractivity contribution in [2.45, 2.75) is 25.6 Å². The Morgan fingerprint density at radius 3 is 2.89 bits per heavy atom. The maximum atomic E-state index is 9.74. The van der Waals surface area contributed by atoms with Gasteiger partial charge in [0.2, 0.25) is 0 Å². The molecule has 0 aromatic heterocycles. The second-order valence-corrected chi connectivity index (χ2v) is 4.87. The minimum absolute atomic E-state index is 0.248. The molecule has 2 aromatic carbocycles. The van der Waals surface area contributed by atoms with E-state index < -0.39 is 0 Å². The lowest BCUT2D eigenvalue weighted by atomic mass is 10.1. The topological polar surface area (TPSA) is 49.7 Å². The van der Waals surface area contributed by atoms with Crippen molar-refractivity contribution in [3.05, 3.63) is 59.2 Å². The predicted molar refractivity (Wildman–Crippen MR) is 72.2 cm³/mol. The highest BCUT2D eigenvalue weighted by Gasteiger charge is 2.20. The Morgan fingerprint density at radius 2 is 2.05 bits per heavy atom. The van der Waals surface area contributed by atoms with Gasteiger partial charge in [-0.25, -0.2) is 0 Å². The van der Waals surface area contributed by atoms with Crippen LogP contribution >= 0.6 is 0 Å². The van der Waals surface area contributed by atoms with Gasteiger partial charge in [0.05, 0.1) is 6.10 Å². The summed E-state index contributed by atoms with van der Waals surface area (Å²) in [5, 5.41) is 19.1. The molecule has 98 valence electrons. The lowest BCUT2D eigenvalue weighted by Gasteiger charge is -2.09. The number of phenolic OH excluding ortho intramolecular Hbond substituents is 1. The smallest absolute Gasteiger partial charge is 0.120 e. The van der Waals surface area contributed by atoms with E-state index in [1.165, 1.54) is 5.56 Å². The standard InChI is InChI=1S/C16H16O3/c17-13-3-1-2-11(8-13)10-19-14-5-6-15-12(9-14)4-7-16(15)18/h1-3,5-6,8-9,16-18H,4,7,10H2/t16-/m0/s1. The van der Waals surface area contributed by atoms with Crippen LogP contribution in [0, 0.1) is 0 Å². The largest absolute Gasteiger partial charge is 0.508 e. The van der Waals surface area contributed by atoms with Crippen molar-refractivity contribution in [3.8, 4) is 11.5 Å². The molecule has 2 N–H and O–H groups in total. The summed E-state index contributed by atoms with van der Waals surface area (Å²) in [6, 6.07) is 12.9. The van der Waals surface area contributed by atoms with Crippen LogP contribution < -0.4 is 4.74 Å². The van der Waals surface area contributed by atoms with Gasteiger partial charge in [-0.15, -0.1) is 0 Å². The lowest BCUT2D eigenvalue weighted by Crippen LogP contribution is -1.96. The first-order valence-electron chi connectivity index (χ1n) is 6.44. The highest BCUT2D eigenvalue weighted by molar-refractivity contribution is 5.40. The highest BCUT2D eigenvalue weighted by atomic mass is 16.5. The number of aliphatic hydroxyl groups excluding tert-OH is 1. The third-order valence-corrected chi connectivity index (χ3v) is 3.48. The molecule has 0 aliphatic heterocycles. The van der Waals surface area contributed by atoms with E-state index in [-0.39, 0.29) is 11.9 Å². The molecule has 3 nitrogen and oxygen atoms in total. The summed E-state index contributed by atoms with van der Waals surface area (Å²) in [5.41, 5.74) is 3.12. The molecule has 0 radical (unpaired) electrons. The van der Waals surface area contributed by atoms with Crippen molar-refractivity contribution in [2.24, 2.45) is 0 Å². The van der Waals surface area contributed by atoms with Crippen LogP contribution in [0.5, 0.6) is 11.5 Å². The SMILES string of the molecule is Oc1cccc(COc2ccc3c(c2)CC[C@@H]3O)c1. The maximum absolute atomic E-state index is 9.74. The highest BCUT2D eigenvalue weighted by Crippen LogP contribution is 2.33. The van der Waals surface area contributed by atoms with Crippen LogP contribution in [-0.4, -0.2) is 10.2 Å². The van der Waals surface area contributed by atoms with Crippen LogP contribution in [0.3, 0.4) is 0 Å². The normalized spacial score (nSPS) is 17.2. The van der Waals surface area contributed by atoms with Crippen LogP contribution in [0.15, 0.2) is 42.5 Å². The van der Waals surface area contributed by atoms with E-state index in [0.29, 0.717) is 6.61 Å².